The molecule has 1 amide bonds. The molecule has 1 aromatic heterocycles. The zero-order valence-corrected chi connectivity index (χ0v) is 13.6. The fourth-order valence-corrected chi connectivity index (χ4v) is 3.44. The Balaban J connectivity index is 1.71. The van der Waals surface area contributed by atoms with Gasteiger partial charge >= 0.3 is 5.97 Å². The Bertz CT molecular complexity index is 579. The number of H-pyrrole nitrogens is 1. The summed E-state index contributed by atoms with van der Waals surface area (Å²) in [6, 6.07) is -0.958. The number of aromatic nitrogens is 2. The van der Waals surface area contributed by atoms with Crippen LogP contribution in [0, 0.1) is 5.92 Å². The Morgan fingerprint density at radius 3 is 2.77 bits per heavy atom. The van der Waals surface area contributed by atoms with Crippen molar-refractivity contribution in [3.8, 4) is 0 Å². The third kappa shape index (κ3) is 3.17. The van der Waals surface area contributed by atoms with Gasteiger partial charge in [0, 0.05) is 18.4 Å². The molecule has 0 aromatic carbocycles. The molecule has 3 rings (SSSR count). The second-order valence-electron chi connectivity index (χ2n) is 5.84. The Morgan fingerprint density at radius 2 is 2.18 bits per heavy atom. The van der Waals surface area contributed by atoms with Crippen molar-refractivity contribution in [1.29, 1.82) is 0 Å². The van der Waals surface area contributed by atoms with E-state index in [1.807, 2.05) is 0 Å². The molecule has 8 heteroatoms. The van der Waals surface area contributed by atoms with Gasteiger partial charge in [0.1, 0.15) is 6.04 Å². The van der Waals surface area contributed by atoms with Crippen molar-refractivity contribution in [2.45, 2.75) is 37.6 Å². The van der Waals surface area contributed by atoms with Crippen molar-refractivity contribution < 1.29 is 19.4 Å². The SMILES string of the molecule is O=C(NC(C(=O)O)C1CCCOC1)c1n[nH]c(C2CC2)c1Br. The van der Waals surface area contributed by atoms with E-state index in [2.05, 4.69) is 31.4 Å². The monoisotopic (exact) mass is 371 g/mol. The topological polar surface area (TPSA) is 104 Å². The Hall–Kier alpha value is -1.41. The van der Waals surface area contributed by atoms with Crippen LogP contribution in [0.2, 0.25) is 0 Å². The molecule has 0 spiro atoms. The molecule has 3 N–H and O–H groups in total. The molecule has 2 heterocycles. The number of ether oxygens (including phenoxy) is 1. The number of amides is 1. The molecule has 1 aliphatic heterocycles. The molecular weight excluding hydrogens is 354 g/mol. The number of nitrogens with zero attached hydrogens (tertiary/aromatic N) is 1. The van der Waals surface area contributed by atoms with Crippen LogP contribution in [0.25, 0.3) is 0 Å². The summed E-state index contributed by atoms with van der Waals surface area (Å²) in [5, 5.41) is 18.9. The quantitative estimate of drug-likeness (QED) is 0.729. The van der Waals surface area contributed by atoms with Crippen molar-refractivity contribution in [3.05, 3.63) is 15.9 Å². The molecule has 120 valence electrons. The second-order valence-corrected chi connectivity index (χ2v) is 6.63. The molecular formula is C14H18BrN3O4. The first-order chi connectivity index (χ1) is 10.6. The average molecular weight is 372 g/mol. The lowest BCUT2D eigenvalue weighted by atomic mass is 9.93. The molecule has 1 saturated heterocycles. The first-order valence-corrected chi connectivity index (χ1v) is 8.22. The first-order valence-electron chi connectivity index (χ1n) is 7.43. The van der Waals surface area contributed by atoms with Crippen LogP contribution in [0.15, 0.2) is 4.47 Å². The predicted octanol–water partition coefficient (Wildman–Crippen LogP) is 1.66. The summed E-state index contributed by atoms with van der Waals surface area (Å²) in [7, 11) is 0. The van der Waals surface area contributed by atoms with E-state index in [4.69, 9.17) is 4.74 Å². The van der Waals surface area contributed by atoms with Gasteiger partial charge in [-0.2, -0.15) is 5.10 Å². The average Bonchev–Trinajstić information content (AvgIpc) is 3.28. The number of halogens is 1. The number of carbonyl (C=O) groups excluding carboxylic acids is 1. The fraction of sp³-hybridized carbons (Fsp3) is 0.643. The van der Waals surface area contributed by atoms with E-state index in [0.29, 0.717) is 23.6 Å². The maximum atomic E-state index is 12.4. The van der Waals surface area contributed by atoms with Gasteiger partial charge in [-0.3, -0.25) is 9.89 Å². The van der Waals surface area contributed by atoms with E-state index in [1.54, 1.807) is 0 Å². The zero-order chi connectivity index (χ0) is 15.7. The van der Waals surface area contributed by atoms with Crippen molar-refractivity contribution in [2.24, 2.45) is 5.92 Å². The number of carboxylic acid groups (broad SMARTS) is 1. The number of hydrogen-bond acceptors (Lipinski definition) is 4. The summed E-state index contributed by atoms with van der Waals surface area (Å²) in [4.78, 5) is 23.8. The summed E-state index contributed by atoms with van der Waals surface area (Å²) < 4.78 is 5.96. The van der Waals surface area contributed by atoms with Gasteiger partial charge in [0.25, 0.3) is 5.91 Å². The summed E-state index contributed by atoms with van der Waals surface area (Å²) in [6.07, 6.45) is 3.70. The van der Waals surface area contributed by atoms with Crippen LogP contribution in [0.5, 0.6) is 0 Å². The molecule has 0 radical (unpaired) electrons. The molecule has 2 aliphatic rings. The minimum absolute atomic E-state index is 0.212. The van der Waals surface area contributed by atoms with Gasteiger partial charge in [0.15, 0.2) is 5.69 Å². The van der Waals surface area contributed by atoms with E-state index in [9.17, 15) is 14.7 Å². The number of hydrogen-bond donors (Lipinski definition) is 3. The highest BCUT2D eigenvalue weighted by Gasteiger charge is 2.34. The van der Waals surface area contributed by atoms with Gasteiger partial charge in [0.05, 0.1) is 16.8 Å². The second kappa shape index (κ2) is 6.37. The van der Waals surface area contributed by atoms with Crippen LogP contribution in [-0.2, 0) is 9.53 Å². The molecule has 7 nitrogen and oxygen atoms in total. The first kappa shape index (κ1) is 15.5. The molecule has 2 atom stereocenters. The van der Waals surface area contributed by atoms with Crippen molar-refractivity contribution in [1.82, 2.24) is 15.5 Å². The van der Waals surface area contributed by atoms with Crippen LogP contribution in [-0.4, -0.2) is 46.4 Å². The van der Waals surface area contributed by atoms with Crippen LogP contribution >= 0.6 is 15.9 Å². The lowest BCUT2D eigenvalue weighted by Gasteiger charge is -2.27. The van der Waals surface area contributed by atoms with E-state index < -0.39 is 17.9 Å². The summed E-state index contributed by atoms with van der Waals surface area (Å²) in [6.45, 7) is 0.999. The van der Waals surface area contributed by atoms with Gasteiger partial charge in [-0.15, -0.1) is 0 Å². The lowest BCUT2D eigenvalue weighted by molar-refractivity contribution is -0.142. The number of aliphatic carboxylic acids is 1. The molecule has 1 aliphatic carbocycles. The molecule has 2 unspecified atom stereocenters. The molecule has 2 fully saturated rings. The van der Waals surface area contributed by atoms with Crippen LogP contribution in [0.3, 0.4) is 0 Å². The van der Waals surface area contributed by atoms with E-state index in [1.165, 1.54) is 0 Å². The minimum atomic E-state index is -1.04. The molecule has 1 saturated carbocycles. The van der Waals surface area contributed by atoms with Gasteiger partial charge in [-0.1, -0.05) is 0 Å². The van der Waals surface area contributed by atoms with Crippen LogP contribution in [0.4, 0.5) is 0 Å². The van der Waals surface area contributed by atoms with Crippen molar-refractivity contribution in [2.75, 3.05) is 13.2 Å². The van der Waals surface area contributed by atoms with Gasteiger partial charge < -0.3 is 15.2 Å². The lowest BCUT2D eigenvalue weighted by Crippen LogP contribution is -2.48. The third-order valence-electron chi connectivity index (χ3n) is 4.15. The number of carbonyl (C=O) groups is 2. The highest BCUT2D eigenvalue weighted by Crippen LogP contribution is 2.42. The largest absolute Gasteiger partial charge is 0.480 e. The maximum absolute atomic E-state index is 12.4. The Labute approximate surface area is 135 Å². The van der Waals surface area contributed by atoms with Gasteiger partial charge in [0.2, 0.25) is 0 Å². The van der Waals surface area contributed by atoms with Gasteiger partial charge in [-0.05, 0) is 41.6 Å². The number of nitrogens with one attached hydrogen (secondary N) is 2. The van der Waals surface area contributed by atoms with E-state index >= 15 is 0 Å². The maximum Gasteiger partial charge on any atom is 0.326 e. The van der Waals surface area contributed by atoms with Crippen LogP contribution < -0.4 is 5.32 Å². The summed E-state index contributed by atoms with van der Waals surface area (Å²) in [5.41, 5.74) is 1.13. The smallest absolute Gasteiger partial charge is 0.326 e. The molecule has 0 bridgehead atoms. The third-order valence-corrected chi connectivity index (χ3v) is 4.96. The number of carboxylic acids is 1. The highest BCUT2D eigenvalue weighted by atomic mass is 79.9. The molecule has 22 heavy (non-hydrogen) atoms. The van der Waals surface area contributed by atoms with Crippen molar-refractivity contribution >= 4 is 27.8 Å². The minimum Gasteiger partial charge on any atom is -0.480 e. The highest BCUT2D eigenvalue weighted by molar-refractivity contribution is 9.10. The zero-order valence-electron chi connectivity index (χ0n) is 12.0. The molecule has 1 aromatic rings. The Morgan fingerprint density at radius 1 is 1.41 bits per heavy atom. The number of aromatic amines is 1. The normalized spacial score (nSPS) is 23.0. The van der Waals surface area contributed by atoms with E-state index in [-0.39, 0.29) is 11.6 Å². The predicted molar refractivity (Wildman–Crippen MR) is 80.7 cm³/mol. The van der Waals surface area contributed by atoms with E-state index in [0.717, 1.165) is 31.4 Å². The Kier molecular flexibility index (Phi) is 4.49. The van der Waals surface area contributed by atoms with Crippen molar-refractivity contribution in [3.63, 3.8) is 0 Å². The standard InChI is InChI=1S/C14H18BrN3O4/c15-9-10(7-3-4-7)17-18-12(9)13(19)16-11(14(20)21)8-2-1-5-22-6-8/h7-8,11H,1-6H2,(H,16,19)(H,17,18)(H,20,21). The van der Waals surface area contributed by atoms with Crippen LogP contribution in [0.1, 0.15) is 47.8 Å². The summed E-state index contributed by atoms with van der Waals surface area (Å²) >= 11 is 3.39. The number of rotatable bonds is 5. The van der Waals surface area contributed by atoms with Gasteiger partial charge in [-0.25, -0.2) is 4.79 Å². The summed E-state index contributed by atoms with van der Waals surface area (Å²) in [5.74, 6) is -1.31. The fourth-order valence-electron chi connectivity index (χ4n) is 2.75.